The molecule has 0 aromatic heterocycles. The number of rotatable bonds is 4. The third-order valence-corrected chi connectivity index (χ3v) is 5.78. The van der Waals surface area contributed by atoms with Gasteiger partial charge in [0.25, 0.3) is 0 Å². The first-order valence-electron chi connectivity index (χ1n) is 10.00. The van der Waals surface area contributed by atoms with Crippen LogP contribution in [0.5, 0.6) is 5.75 Å². The topological polar surface area (TPSA) is 53.1 Å². The number of piperazine rings is 1. The fraction of sp³-hybridized carbons (Fsp3) is 0.619. The molecular formula is C21H31N3O3. The molecule has 0 N–H and O–H groups in total. The Morgan fingerprint density at radius 3 is 2.26 bits per heavy atom. The Morgan fingerprint density at radius 2 is 1.63 bits per heavy atom. The van der Waals surface area contributed by atoms with Gasteiger partial charge in [-0.1, -0.05) is 25.0 Å². The lowest BCUT2D eigenvalue weighted by Gasteiger charge is -2.36. The van der Waals surface area contributed by atoms with Gasteiger partial charge in [0.2, 0.25) is 11.8 Å². The molecule has 1 unspecified atom stereocenters. The van der Waals surface area contributed by atoms with Crippen LogP contribution in [0, 0.1) is 0 Å². The molecule has 0 bridgehead atoms. The standard InChI is InChI=1S/C21H31N3O3/c1-17(25)22-12-14-23(15-13-22)21(26)16-24-11-5-3-4-6-20(24)18-7-9-19(27-2)10-8-18/h7-10,20H,3-6,11-16H2,1-2H3. The Labute approximate surface area is 162 Å². The smallest absolute Gasteiger partial charge is 0.236 e. The maximum absolute atomic E-state index is 12.9. The molecule has 2 aliphatic rings. The van der Waals surface area contributed by atoms with Crippen LogP contribution in [0.3, 0.4) is 0 Å². The van der Waals surface area contributed by atoms with Crippen LogP contribution in [-0.4, -0.2) is 72.9 Å². The number of carbonyl (C=O) groups is 2. The summed E-state index contributed by atoms with van der Waals surface area (Å²) < 4.78 is 5.28. The van der Waals surface area contributed by atoms with E-state index in [-0.39, 0.29) is 17.9 Å². The van der Waals surface area contributed by atoms with Crippen LogP contribution in [0.15, 0.2) is 24.3 Å². The van der Waals surface area contributed by atoms with Gasteiger partial charge in [-0.25, -0.2) is 0 Å². The Hall–Kier alpha value is -2.08. The fourth-order valence-electron chi connectivity index (χ4n) is 4.11. The maximum atomic E-state index is 12.9. The van der Waals surface area contributed by atoms with E-state index in [0.29, 0.717) is 32.7 Å². The van der Waals surface area contributed by atoms with E-state index in [4.69, 9.17) is 4.74 Å². The van der Waals surface area contributed by atoms with E-state index >= 15 is 0 Å². The van der Waals surface area contributed by atoms with Gasteiger partial charge in [0.15, 0.2) is 0 Å². The lowest BCUT2D eigenvalue weighted by Crippen LogP contribution is -2.52. The average molecular weight is 373 g/mol. The van der Waals surface area contributed by atoms with Crippen molar-refractivity contribution in [3.63, 3.8) is 0 Å². The molecule has 2 heterocycles. The molecule has 6 heteroatoms. The summed E-state index contributed by atoms with van der Waals surface area (Å²) >= 11 is 0. The third kappa shape index (κ3) is 5.01. The third-order valence-electron chi connectivity index (χ3n) is 5.78. The molecule has 3 rings (SSSR count). The molecule has 0 aliphatic carbocycles. The summed E-state index contributed by atoms with van der Waals surface area (Å²) in [5, 5.41) is 0. The van der Waals surface area contributed by atoms with E-state index in [0.717, 1.165) is 25.1 Å². The highest BCUT2D eigenvalue weighted by Gasteiger charge is 2.28. The molecule has 27 heavy (non-hydrogen) atoms. The van der Waals surface area contributed by atoms with Gasteiger partial charge in [-0.2, -0.15) is 0 Å². The molecule has 0 spiro atoms. The van der Waals surface area contributed by atoms with Crippen molar-refractivity contribution in [3.05, 3.63) is 29.8 Å². The van der Waals surface area contributed by atoms with Gasteiger partial charge in [0.05, 0.1) is 13.7 Å². The van der Waals surface area contributed by atoms with E-state index in [1.165, 1.54) is 18.4 Å². The molecule has 6 nitrogen and oxygen atoms in total. The number of methoxy groups -OCH3 is 1. The van der Waals surface area contributed by atoms with Crippen LogP contribution in [-0.2, 0) is 9.59 Å². The second kappa shape index (κ2) is 9.22. The molecule has 2 saturated heterocycles. The number of amides is 2. The van der Waals surface area contributed by atoms with Crippen LogP contribution in [0.4, 0.5) is 0 Å². The van der Waals surface area contributed by atoms with Crippen LogP contribution in [0.2, 0.25) is 0 Å². The van der Waals surface area contributed by atoms with Gasteiger partial charge in [0.1, 0.15) is 5.75 Å². The number of nitrogens with zero attached hydrogens (tertiary/aromatic N) is 3. The number of likely N-dealkylation sites (tertiary alicyclic amines) is 1. The van der Waals surface area contributed by atoms with Crippen LogP contribution in [0.25, 0.3) is 0 Å². The molecule has 1 aromatic rings. The van der Waals surface area contributed by atoms with Crippen molar-refractivity contribution in [2.24, 2.45) is 0 Å². The highest BCUT2D eigenvalue weighted by atomic mass is 16.5. The first-order valence-corrected chi connectivity index (χ1v) is 10.00. The Kier molecular flexibility index (Phi) is 6.72. The zero-order valence-corrected chi connectivity index (χ0v) is 16.5. The molecule has 2 amide bonds. The molecule has 148 valence electrons. The van der Waals surface area contributed by atoms with Crippen molar-refractivity contribution in [3.8, 4) is 5.75 Å². The predicted octanol–water partition coefficient (Wildman–Crippen LogP) is 2.30. The van der Waals surface area contributed by atoms with E-state index in [2.05, 4.69) is 17.0 Å². The normalized spacial score (nSPS) is 21.6. The minimum atomic E-state index is 0.0918. The lowest BCUT2D eigenvalue weighted by atomic mass is 10.0. The molecule has 1 atom stereocenters. The average Bonchev–Trinajstić information content (AvgIpc) is 2.93. The number of hydrogen-bond acceptors (Lipinski definition) is 4. The summed E-state index contributed by atoms with van der Waals surface area (Å²) in [6.45, 7) is 5.56. The fourth-order valence-corrected chi connectivity index (χ4v) is 4.11. The van der Waals surface area contributed by atoms with E-state index in [1.54, 1.807) is 14.0 Å². The monoisotopic (exact) mass is 373 g/mol. The van der Waals surface area contributed by atoms with Crippen molar-refractivity contribution in [2.75, 3.05) is 46.4 Å². The summed E-state index contributed by atoms with van der Waals surface area (Å²) in [6.07, 6.45) is 4.63. The van der Waals surface area contributed by atoms with Gasteiger partial charge in [0, 0.05) is 39.1 Å². The summed E-state index contributed by atoms with van der Waals surface area (Å²) in [5.41, 5.74) is 1.26. The summed E-state index contributed by atoms with van der Waals surface area (Å²) in [7, 11) is 1.68. The van der Waals surface area contributed by atoms with E-state index in [9.17, 15) is 9.59 Å². The van der Waals surface area contributed by atoms with Crippen LogP contribution in [0.1, 0.15) is 44.2 Å². The number of benzene rings is 1. The Balaban J connectivity index is 1.64. The van der Waals surface area contributed by atoms with Crippen LogP contribution < -0.4 is 4.74 Å². The van der Waals surface area contributed by atoms with Crippen molar-refractivity contribution < 1.29 is 14.3 Å². The quantitative estimate of drug-likeness (QED) is 0.813. The molecule has 1 aromatic carbocycles. The maximum Gasteiger partial charge on any atom is 0.236 e. The minimum Gasteiger partial charge on any atom is -0.497 e. The molecule has 0 radical (unpaired) electrons. The van der Waals surface area contributed by atoms with Gasteiger partial charge in [-0.15, -0.1) is 0 Å². The van der Waals surface area contributed by atoms with Gasteiger partial charge >= 0.3 is 0 Å². The SMILES string of the molecule is COc1ccc(C2CCCCCN2CC(=O)N2CCN(C(C)=O)CC2)cc1. The van der Waals surface area contributed by atoms with Gasteiger partial charge in [-0.05, 0) is 37.1 Å². The van der Waals surface area contributed by atoms with Crippen molar-refractivity contribution in [1.82, 2.24) is 14.7 Å². The largest absolute Gasteiger partial charge is 0.497 e. The van der Waals surface area contributed by atoms with Crippen molar-refractivity contribution in [2.45, 2.75) is 38.6 Å². The number of hydrogen-bond donors (Lipinski definition) is 0. The zero-order chi connectivity index (χ0) is 19.2. The molecular weight excluding hydrogens is 342 g/mol. The number of ether oxygens (including phenoxy) is 1. The highest BCUT2D eigenvalue weighted by Crippen LogP contribution is 2.31. The highest BCUT2D eigenvalue weighted by molar-refractivity contribution is 5.79. The molecule has 2 aliphatic heterocycles. The molecule has 0 saturated carbocycles. The Bertz CT molecular complexity index is 639. The zero-order valence-electron chi connectivity index (χ0n) is 16.5. The summed E-state index contributed by atoms with van der Waals surface area (Å²) in [4.78, 5) is 30.4. The van der Waals surface area contributed by atoms with Crippen LogP contribution >= 0.6 is 0 Å². The summed E-state index contributed by atoms with van der Waals surface area (Å²) in [6, 6.07) is 8.53. The molecule has 2 fully saturated rings. The Morgan fingerprint density at radius 1 is 0.963 bits per heavy atom. The van der Waals surface area contributed by atoms with E-state index in [1.807, 2.05) is 21.9 Å². The van der Waals surface area contributed by atoms with Crippen molar-refractivity contribution >= 4 is 11.8 Å². The first kappa shape index (κ1) is 19.7. The number of carbonyl (C=O) groups excluding carboxylic acids is 2. The second-order valence-corrected chi connectivity index (χ2v) is 7.50. The minimum absolute atomic E-state index is 0.0918. The van der Waals surface area contributed by atoms with E-state index < -0.39 is 0 Å². The lowest BCUT2D eigenvalue weighted by molar-refractivity contribution is -0.139. The van der Waals surface area contributed by atoms with Gasteiger partial charge in [-0.3, -0.25) is 14.5 Å². The summed E-state index contributed by atoms with van der Waals surface area (Å²) in [5.74, 6) is 1.13. The first-order chi connectivity index (χ1) is 13.1. The second-order valence-electron chi connectivity index (χ2n) is 7.50. The van der Waals surface area contributed by atoms with Crippen molar-refractivity contribution in [1.29, 1.82) is 0 Å². The predicted molar refractivity (Wildman–Crippen MR) is 105 cm³/mol. The van der Waals surface area contributed by atoms with Gasteiger partial charge < -0.3 is 14.5 Å².